The van der Waals surface area contributed by atoms with E-state index in [-0.39, 0.29) is 11.8 Å². The standard InChI is InChI=1S/C10H16N2O2S/c13-15(14)5-1-2-10(8-15)12-7-9-3-4-11-6-9/h3-4,6,10-12H,1-2,5,7-8H2. The third-order valence-electron chi connectivity index (χ3n) is 2.72. The van der Waals surface area contributed by atoms with Crippen molar-refractivity contribution >= 4 is 9.84 Å². The fourth-order valence-corrected chi connectivity index (χ4v) is 3.59. The van der Waals surface area contributed by atoms with E-state index in [1.54, 1.807) is 0 Å². The monoisotopic (exact) mass is 228 g/mol. The Hall–Kier alpha value is -0.810. The highest BCUT2D eigenvalue weighted by atomic mass is 32.2. The van der Waals surface area contributed by atoms with Gasteiger partial charge in [0.1, 0.15) is 0 Å². The van der Waals surface area contributed by atoms with Crippen LogP contribution in [-0.4, -0.2) is 30.9 Å². The van der Waals surface area contributed by atoms with Gasteiger partial charge in [-0.05, 0) is 24.5 Å². The Balaban J connectivity index is 1.85. The molecule has 0 spiro atoms. The lowest BCUT2D eigenvalue weighted by molar-refractivity contribution is 0.480. The van der Waals surface area contributed by atoms with Crippen LogP contribution in [0.15, 0.2) is 18.5 Å². The topological polar surface area (TPSA) is 62.0 Å². The van der Waals surface area contributed by atoms with Crippen LogP contribution in [0.2, 0.25) is 0 Å². The molecule has 1 atom stereocenters. The van der Waals surface area contributed by atoms with Gasteiger partial charge in [-0.1, -0.05) is 0 Å². The first-order valence-corrected chi connectivity index (χ1v) is 7.03. The van der Waals surface area contributed by atoms with E-state index < -0.39 is 9.84 Å². The van der Waals surface area contributed by atoms with Gasteiger partial charge in [-0.15, -0.1) is 0 Å². The summed E-state index contributed by atoms with van der Waals surface area (Å²) >= 11 is 0. The zero-order valence-corrected chi connectivity index (χ0v) is 9.39. The van der Waals surface area contributed by atoms with Crippen molar-refractivity contribution in [2.45, 2.75) is 25.4 Å². The molecule has 2 rings (SSSR count). The number of rotatable bonds is 3. The van der Waals surface area contributed by atoms with Gasteiger partial charge in [-0.2, -0.15) is 0 Å². The predicted octanol–water partition coefficient (Wildman–Crippen LogP) is 0.681. The molecule has 15 heavy (non-hydrogen) atoms. The fourth-order valence-electron chi connectivity index (χ4n) is 1.91. The smallest absolute Gasteiger partial charge is 0.151 e. The Morgan fingerprint density at radius 3 is 3.07 bits per heavy atom. The predicted molar refractivity (Wildman–Crippen MR) is 59.3 cm³/mol. The summed E-state index contributed by atoms with van der Waals surface area (Å²) in [4.78, 5) is 2.98. The molecule has 0 radical (unpaired) electrons. The van der Waals surface area contributed by atoms with Gasteiger partial charge in [0.15, 0.2) is 9.84 Å². The number of aromatic amines is 1. The van der Waals surface area contributed by atoms with E-state index >= 15 is 0 Å². The molecule has 1 aliphatic heterocycles. The SMILES string of the molecule is O=S1(=O)CCCC(NCc2cc[nH]c2)C1. The minimum atomic E-state index is -2.79. The van der Waals surface area contributed by atoms with Crippen molar-refractivity contribution in [1.82, 2.24) is 10.3 Å². The number of sulfone groups is 1. The molecule has 1 aromatic heterocycles. The van der Waals surface area contributed by atoms with Crippen LogP contribution in [-0.2, 0) is 16.4 Å². The van der Waals surface area contributed by atoms with Crippen LogP contribution in [0.25, 0.3) is 0 Å². The molecular formula is C10H16N2O2S. The molecule has 2 N–H and O–H groups in total. The highest BCUT2D eigenvalue weighted by molar-refractivity contribution is 7.91. The van der Waals surface area contributed by atoms with Gasteiger partial charge >= 0.3 is 0 Å². The minimum Gasteiger partial charge on any atom is -0.367 e. The lowest BCUT2D eigenvalue weighted by Gasteiger charge is -2.22. The van der Waals surface area contributed by atoms with Crippen LogP contribution in [0, 0.1) is 0 Å². The zero-order valence-electron chi connectivity index (χ0n) is 8.57. The summed E-state index contributed by atoms with van der Waals surface area (Å²) in [7, 11) is -2.79. The van der Waals surface area contributed by atoms with Crippen LogP contribution >= 0.6 is 0 Å². The van der Waals surface area contributed by atoms with E-state index in [9.17, 15) is 8.42 Å². The second-order valence-corrected chi connectivity index (χ2v) is 6.28. The van der Waals surface area contributed by atoms with Crippen molar-refractivity contribution in [3.63, 3.8) is 0 Å². The van der Waals surface area contributed by atoms with Gasteiger partial charge in [-0.3, -0.25) is 0 Å². The summed E-state index contributed by atoms with van der Waals surface area (Å²) < 4.78 is 22.8. The number of nitrogens with one attached hydrogen (secondary N) is 2. The summed E-state index contributed by atoms with van der Waals surface area (Å²) in [5.74, 6) is 0.646. The molecular weight excluding hydrogens is 212 g/mol. The van der Waals surface area contributed by atoms with Crippen LogP contribution in [0.5, 0.6) is 0 Å². The van der Waals surface area contributed by atoms with Crippen molar-refractivity contribution in [3.8, 4) is 0 Å². The molecule has 84 valence electrons. The third kappa shape index (κ3) is 3.07. The third-order valence-corrected chi connectivity index (χ3v) is 4.54. The first kappa shape index (κ1) is 10.7. The maximum Gasteiger partial charge on any atom is 0.151 e. The van der Waals surface area contributed by atoms with Crippen LogP contribution in [0.3, 0.4) is 0 Å². The van der Waals surface area contributed by atoms with Crippen molar-refractivity contribution in [3.05, 3.63) is 24.0 Å². The normalized spacial score (nSPS) is 25.2. The van der Waals surface area contributed by atoms with Crippen LogP contribution in [0.4, 0.5) is 0 Å². The Kier molecular flexibility index (Phi) is 3.11. The van der Waals surface area contributed by atoms with Crippen molar-refractivity contribution in [1.29, 1.82) is 0 Å². The van der Waals surface area contributed by atoms with E-state index in [2.05, 4.69) is 10.3 Å². The molecule has 0 bridgehead atoms. The van der Waals surface area contributed by atoms with Gasteiger partial charge < -0.3 is 10.3 Å². The van der Waals surface area contributed by atoms with Crippen LogP contribution in [0.1, 0.15) is 18.4 Å². The van der Waals surface area contributed by atoms with E-state index in [1.165, 1.54) is 0 Å². The molecule has 4 nitrogen and oxygen atoms in total. The first-order valence-electron chi connectivity index (χ1n) is 5.21. The summed E-state index contributed by atoms with van der Waals surface area (Å²) in [6.45, 7) is 0.740. The number of aromatic nitrogens is 1. The fraction of sp³-hybridized carbons (Fsp3) is 0.600. The van der Waals surface area contributed by atoms with E-state index in [0.29, 0.717) is 5.75 Å². The number of hydrogen-bond acceptors (Lipinski definition) is 3. The Bertz CT molecular complexity index is 397. The van der Waals surface area contributed by atoms with Gasteiger partial charge in [0, 0.05) is 25.0 Å². The maximum atomic E-state index is 11.4. The molecule has 2 heterocycles. The molecule has 1 aliphatic rings. The summed E-state index contributed by atoms with van der Waals surface area (Å²) in [5.41, 5.74) is 1.16. The lowest BCUT2D eigenvalue weighted by Crippen LogP contribution is -2.39. The molecule has 1 unspecified atom stereocenters. The zero-order chi connectivity index (χ0) is 10.7. The molecule has 5 heteroatoms. The Labute approximate surface area is 90.0 Å². The molecule has 1 fully saturated rings. The summed E-state index contributed by atoms with van der Waals surface area (Å²) in [5, 5.41) is 3.28. The Morgan fingerprint density at radius 1 is 1.53 bits per heavy atom. The van der Waals surface area contributed by atoms with Crippen LogP contribution < -0.4 is 5.32 Å². The van der Waals surface area contributed by atoms with E-state index in [4.69, 9.17) is 0 Å². The van der Waals surface area contributed by atoms with E-state index in [0.717, 1.165) is 24.9 Å². The second kappa shape index (κ2) is 4.37. The molecule has 1 aromatic rings. The first-order chi connectivity index (χ1) is 7.16. The Morgan fingerprint density at radius 2 is 2.40 bits per heavy atom. The largest absolute Gasteiger partial charge is 0.367 e. The summed E-state index contributed by atoms with van der Waals surface area (Å²) in [6.07, 6.45) is 5.54. The molecule has 1 saturated heterocycles. The van der Waals surface area contributed by atoms with Crippen molar-refractivity contribution in [2.75, 3.05) is 11.5 Å². The summed E-state index contributed by atoms with van der Waals surface area (Å²) in [6, 6.07) is 2.11. The molecule has 0 saturated carbocycles. The van der Waals surface area contributed by atoms with Gasteiger partial charge in [-0.25, -0.2) is 8.42 Å². The number of hydrogen-bond donors (Lipinski definition) is 2. The minimum absolute atomic E-state index is 0.124. The number of H-pyrrole nitrogens is 1. The molecule has 0 aliphatic carbocycles. The van der Waals surface area contributed by atoms with Gasteiger partial charge in [0.2, 0.25) is 0 Å². The average molecular weight is 228 g/mol. The van der Waals surface area contributed by atoms with Gasteiger partial charge in [0.05, 0.1) is 11.5 Å². The average Bonchev–Trinajstić information content (AvgIpc) is 2.65. The maximum absolute atomic E-state index is 11.4. The van der Waals surface area contributed by atoms with Gasteiger partial charge in [0.25, 0.3) is 0 Å². The highest BCUT2D eigenvalue weighted by Crippen LogP contribution is 2.12. The van der Waals surface area contributed by atoms with Crippen molar-refractivity contribution < 1.29 is 8.42 Å². The second-order valence-electron chi connectivity index (χ2n) is 4.05. The van der Waals surface area contributed by atoms with Crippen molar-refractivity contribution in [2.24, 2.45) is 0 Å². The quantitative estimate of drug-likeness (QED) is 0.800. The lowest BCUT2D eigenvalue weighted by atomic mass is 10.2. The van der Waals surface area contributed by atoms with E-state index in [1.807, 2.05) is 18.5 Å². The molecule has 0 amide bonds. The molecule has 0 aromatic carbocycles. The highest BCUT2D eigenvalue weighted by Gasteiger charge is 2.23.